The predicted molar refractivity (Wildman–Crippen MR) is 165 cm³/mol. The van der Waals surface area contributed by atoms with Crippen molar-refractivity contribution in [2.45, 2.75) is 161 Å². The highest BCUT2D eigenvalue weighted by Gasteiger charge is 2.61. The molecule has 0 unspecified atom stereocenters. The minimum atomic E-state index is -1.39. The topological polar surface area (TPSA) is 121 Å². The van der Waals surface area contributed by atoms with Crippen LogP contribution in [-0.4, -0.2) is 70.3 Å². The standard InChI is InChI=1S/C34H68O6/c35-26-32(27-36)24-22-20-18-16-14-12-10-8-6-4-2-1-3-5-7-9-11-13-15-17-19-21-23-25-33(28-37,29-38)34(32,30-39)31-40/h35-40H,1-31H2. The maximum Gasteiger partial charge on any atom is 0.0523 e. The Morgan fingerprint density at radius 3 is 0.575 bits per heavy atom. The van der Waals surface area contributed by atoms with Gasteiger partial charge < -0.3 is 30.6 Å². The quantitative estimate of drug-likeness (QED) is 0.212. The molecule has 6 N–H and O–H groups in total. The minimum absolute atomic E-state index is 0.410. The number of aliphatic hydroxyl groups is 6. The van der Waals surface area contributed by atoms with Crippen LogP contribution in [-0.2, 0) is 0 Å². The molecule has 6 nitrogen and oxygen atoms in total. The van der Waals surface area contributed by atoms with Crippen molar-refractivity contribution >= 4 is 0 Å². The van der Waals surface area contributed by atoms with Crippen molar-refractivity contribution in [1.82, 2.24) is 0 Å². The van der Waals surface area contributed by atoms with E-state index in [-0.39, 0.29) is 0 Å². The van der Waals surface area contributed by atoms with E-state index in [4.69, 9.17) is 0 Å². The molecule has 0 amide bonds. The van der Waals surface area contributed by atoms with Crippen LogP contribution in [0.1, 0.15) is 161 Å². The van der Waals surface area contributed by atoms with Crippen LogP contribution in [0.3, 0.4) is 0 Å². The Balaban J connectivity index is 2.86. The molecule has 1 aliphatic rings. The Labute approximate surface area is 247 Å². The van der Waals surface area contributed by atoms with Gasteiger partial charge in [-0.2, -0.15) is 0 Å². The molecule has 0 saturated heterocycles. The largest absolute Gasteiger partial charge is 0.396 e. The van der Waals surface area contributed by atoms with Crippen molar-refractivity contribution < 1.29 is 30.6 Å². The second-order valence-corrected chi connectivity index (χ2v) is 13.2. The van der Waals surface area contributed by atoms with E-state index >= 15 is 0 Å². The smallest absolute Gasteiger partial charge is 0.0523 e. The minimum Gasteiger partial charge on any atom is -0.396 e. The fourth-order valence-electron chi connectivity index (χ4n) is 7.42. The van der Waals surface area contributed by atoms with Gasteiger partial charge in [-0.1, -0.05) is 148 Å². The molecule has 0 aliphatic heterocycles. The number of hydrogen-bond donors (Lipinski definition) is 6. The Bertz CT molecular complexity index is 513. The van der Waals surface area contributed by atoms with Crippen LogP contribution in [0, 0.1) is 16.2 Å². The summed E-state index contributed by atoms with van der Waals surface area (Å²) in [7, 11) is 0. The average molecular weight is 573 g/mol. The Hall–Kier alpha value is -0.240. The summed E-state index contributed by atoms with van der Waals surface area (Å²) in [6, 6.07) is 0. The molecule has 0 heterocycles. The molecular weight excluding hydrogens is 504 g/mol. The SMILES string of the molecule is OCC1(CO)CCCCCCCCCCCCCCCCCCCCCCCCCC(CO)(CO)C1(CO)CO. The lowest BCUT2D eigenvalue weighted by Crippen LogP contribution is -2.64. The maximum atomic E-state index is 10.7. The molecule has 0 aromatic heterocycles. The zero-order chi connectivity index (χ0) is 29.4. The third-order valence-corrected chi connectivity index (χ3v) is 10.6. The van der Waals surface area contributed by atoms with Crippen LogP contribution in [0.2, 0.25) is 0 Å². The first-order valence-electron chi connectivity index (χ1n) is 17.2. The first kappa shape index (κ1) is 37.8. The summed E-state index contributed by atoms with van der Waals surface area (Å²) in [5.41, 5.74) is -3.77. The van der Waals surface area contributed by atoms with Crippen LogP contribution < -0.4 is 0 Å². The monoisotopic (exact) mass is 573 g/mol. The summed E-state index contributed by atoms with van der Waals surface area (Å²) in [5, 5.41) is 63.8. The van der Waals surface area contributed by atoms with Gasteiger partial charge >= 0.3 is 0 Å². The van der Waals surface area contributed by atoms with Crippen LogP contribution in [0.4, 0.5) is 0 Å². The van der Waals surface area contributed by atoms with Crippen molar-refractivity contribution in [1.29, 1.82) is 0 Å². The van der Waals surface area contributed by atoms with Crippen molar-refractivity contribution in [2.75, 3.05) is 39.6 Å². The highest BCUT2D eigenvalue weighted by Crippen LogP contribution is 2.56. The lowest BCUT2D eigenvalue weighted by atomic mass is 9.49. The van der Waals surface area contributed by atoms with Gasteiger partial charge in [0.1, 0.15) is 0 Å². The third-order valence-electron chi connectivity index (χ3n) is 10.6. The van der Waals surface area contributed by atoms with Crippen LogP contribution in [0.5, 0.6) is 0 Å². The molecule has 240 valence electrons. The maximum absolute atomic E-state index is 10.7. The average Bonchev–Trinajstić information content (AvgIpc) is 2.99. The van der Waals surface area contributed by atoms with E-state index in [0.717, 1.165) is 38.5 Å². The molecular formula is C34H68O6. The van der Waals surface area contributed by atoms with Gasteiger partial charge in [-0.3, -0.25) is 0 Å². The van der Waals surface area contributed by atoms with Crippen molar-refractivity contribution in [3.05, 3.63) is 0 Å². The molecule has 1 aliphatic carbocycles. The lowest BCUT2D eigenvalue weighted by Gasteiger charge is -2.57. The van der Waals surface area contributed by atoms with Crippen molar-refractivity contribution in [2.24, 2.45) is 16.2 Å². The molecule has 0 radical (unpaired) electrons. The van der Waals surface area contributed by atoms with Crippen LogP contribution in [0.25, 0.3) is 0 Å². The first-order valence-corrected chi connectivity index (χ1v) is 17.2. The third kappa shape index (κ3) is 11.8. The Morgan fingerprint density at radius 2 is 0.425 bits per heavy atom. The van der Waals surface area contributed by atoms with Gasteiger partial charge in [-0.05, 0) is 12.8 Å². The molecule has 40 heavy (non-hydrogen) atoms. The molecule has 0 atom stereocenters. The van der Waals surface area contributed by atoms with E-state index in [0.29, 0.717) is 12.8 Å². The number of aliphatic hydroxyl groups excluding tert-OH is 6. The summed E-state index contributed by atoms with van der Waals surface area (Å²) in [4.78, 5) is 0. The molecule has 0 aromatic carbocycles. The van der Waals surface area contributed by atoms with Gasteiger partial charge in [0.25, 0.3) is 0 Å². The van der Waals surface area contributed by atoms with Crippen molar-refractivity contribution in [3.63, 3.8) is 0 Å². The highest BCUT2D eigenvalue weighted by atomic mass is 16.3. The van der Waals surface area contributed by atoms with Gasteiger partial charge in [0.2, 0.25) is 0 Å². The molecule has 0 aromatic rings. The molecule has 1 rings (SSSR count). The summed E-state index contributed by atoms with van der Waals surface area (Å²) in [5.74, 6) is 0. The molecule has 6 heteroatoms. The van der Waals surface area contributed by atoms with E-state index in [1.807, 2.05) is 0 Å². The van der Waals surface area contributed by atoms with E-state index in [9.17, 15) is 30.6 Å². The fraction of sp³-hybridized carbons (Fsp3) is 1.00. The zero-order valence-electron chi connectivity index (χ0n) is 26.1. The van der Waals surface area contributed by atoms with Gasteiger partial charge in [-0.15, -0.1) is 0 Å². The number of hydrogen-bond acceptors (Lipinski definition) is 6. The highest BCUT2D eigenvalue weighted by molar-refractivity contribution is 5.08. The van der Waals surface area contributed by atoms with Crippen LogP contribution >= 0.6 is 0 Å². The second kappa shape index (κ2) is 23.2. The normalized spacial score (nSPS) is 24.4. The fourth-order valence-corrected chi connectivity index (χ4v) is 7.42. The van der Waals surface area contributed by atoms with Crippen molar-refractivity contribution in [3.8, 4) is 0 Å². The molecule has 0 spiro atoms. The Morgan fingerprint density at radius 1 is 0.250 bits per heavy atom. The zero-order valence-corrected chi connectivity index (χ0v) is 26.1. The van der Waals surface area contributed by atoms with E-state index in [2.05, 4.69) is 0 Å². The molecule has 1 fully saturated rings. The Kier molecular flexibility index (Phi) is 22.0. The van der Waals surface area contributed by atoms with Gasteiger partial charge in [0, 0.05) is 16.2 Å². The van der Waals surface area contributed by atoms with E-state index < -0.39 is 55.9 Å². The summed E-state index contributed by atoms with van der Waals surface area (Å²) in [6.45, 7) is -2.66. The summed E-state index contributed by atoms with van der Waals surface area (Å²) in [6.07, 6.45) is 28.9. The van der Waals surface area contributed by atoms with Gasteiger partial charge in [0.15, 0.2) is 0 Å². The van der Waals surface area contributed by atoms with Gasteiger partial charge in [-0.25, -0.2) is 0 Å². The lowest BCUT2D eigenvalue weighted by molar-refractivity contribution is -0.214. The summed E-state index contributed by atoms with van der Waals surface area (Å²) < 4.78 is 0. The summed E-state index contributed by atoms with van der Waals surface area (Å²) >= 11 is 0. The van der Waals surface area contributed by atoms with Crippen LogP contribution in [0.15, 0.2) is 0 Å². The second-order valence-electron chi connectivity index (χ2n) is 13.2. The van der Waals surface area contributed by atoms with E-state index in [1.165, 1.54) is 109 Å². The van der Waals surface area contributed by atoms with E-state index in [1.54, 1.807) is 0 Å². The molecule has 0 bridgehead atoms. The van der Waals surface area contributed by atoms with Gasteiger partial charge in [0.05, 0.1) is 39.6 Å². The number of rotatable bonds is 6. The predicted octanol–water partition coefficient (Wildman–Crippen LogP) is 6.67. The molecule has 1 saturated carbocycles. The first-order chi connectivity index (χ1) is 19.6.